The summed E-state index contributed by atoms with van der Waals surface area (Å²) in [7, 11) is 0. The molecule has 0 atom stereocenters. The van der Waals surface area contributed by atoms with E-state index >= 15 is 0 Å². The van der Waals surface area contributed by atoms with Crippen molar-refractivity contribution in [3.8, 4) is 0 Å². The quantitative estimate of drug-likeness (QED) is 0.769. The average Bonchev–Trinajstić information content (AvgIpc) is 3.10. The van der Waals surface area contributed by atoms with Crippen LogP contribution in [0, 0.1) is 0 Å². The number of benzene rings is 1. The Morgan fingerprint density at radius 1 is 1.04 bits per heavy atom. The normalized spacial score (nSPS) is 15.5. The molecule has 1 aliphatic carbocycles. The van der Waals surface area contributed by atoms with E-state index in [1.165, 1.54) is 43.4 Å². The van der Waals surface area contributed by atoms with Crippen molar-refractivity contribution >= 4 is 33.3 Å². The molecule has 2 heterocycles. The summed E-state index contributed by atoms with van der Waals surface area (Å²) in [5.41, 5.74) is 1.20. The number of anilines is 1. The van der Waals surface area contributed by atoms with Gasteiger partial charge in [-0.15, -0.1) is 10.2 Å². The van der Waals surface area contributed by atoms with E-state index in [0.717, 1.165) is 15.9 Å². The third kappa shape index (κ3) is 3.14. The summed E-state index contributed by atoms with van der Waals surface area (Å²) in [4.78, 5) is 16.8. The first kappa shape index (κ1) is 15.2. The van der Waals surface area contributed by atoms with Gasteiger partial charge in [0, 0.05) is 11.3 Å². The largest absolute Gasteiger partial charge is 0.295 e. The van der Waals surface area contributed by atoms with Crippen molar-refractivity contribution in [3.63, 3.8) is 0 Å². The third-order valence-electron chi connectivity index (χ3n) is 4.45. The van der Waals surface area contributed by atoms with E-state index in [1.54, 1.807) is 6.07 Å². The third-order valence-corrected chi connectivity index (χ3v) is 5.45. The fourth-order valence-electron chi connectivity index (χ4n) is 3.15. The summed E-state index contributed by atoms with van der Waals surface area (Å²) in [6.07, 6.45) is 6.18. The first-order valence-electron chi connectivity index (χ1n) is 8.30. The maximum atomic E-state index is 12.4. The fourth-order valence-corrected chi connectivity index (χ4v) is 4.06. The van der Waals surface area contributed by atoms with Crippen LogP contribution in [0.5, 0.6) is 0 Å². The zero-order valence-electron chi connectivity index (χ0n) is 13.2. The molecule has 0 bridgehead atoms. The van der Waals surface area contributed by atoms with Crippen molar-refractivity contribution in [2.24, 2.45) is 0 Å². The molecular weight excluding hydrogens is 320 g/mol. The summed E-state index contributed by atoms with van der Waals surface area (Å²) < 4.78 is 0. The zero-order valence-corrected chi connectivity index (χ0v) is 14.1. The molecule has 1 fully saturated rings. The summed E-state index contributed by atoms with van der Waals surface area (Å²) in [5.74, 6) is 0.257. The molecule has 4 rings (SSSR count). The van der Waals surface area contributed by atoms with Crippen LogP contribution in [0.3, 0.4) is 0 Å². The lowest BCUT2D eigenvalue weighted by atomic mass is 9.90. The maximum absolute atomic E-state index is 12.4. The van der Waals surface area contributed by atoms with E-state index in [9.17, 15) is 4.79 Å². The van der Waals surface area contributed by atoms with Crippen molar-refractivity contribution in [2.75, 3.05) is 5.32 Å². The van der Waals surface area contributed by atoms with Gasteiger partial charge in [0.25, 0.3) is 5.91 Å². The predicted molar refractivity (Wildman–Crippen MR) is 95.4 cm³/mol. The molecule has 1 amide bonds. The number of para-hydroxylation sites is 1. The monoisotopic (exact) mass is 338 g/mol. The summed E-state index contributed by atoms with van der Waals surface area (Å²) in [6, 6.07) is 11.4. The van der Waals surface area contributed by atoms with Crippen LogP contribution in [-0.2, 0) is 0 Å². The number of carbonyl (C=O) groups is 1. The van der Waals surface area contributed by atoms with Gasteiger partial charge in [-0.05, 0) is 25.0 Å². The Morgan fingerprint density at radius 2 is 1.88 bits per heavy atom. The lowest BCUT2D eigenvalue weighted by Gasteiger charge is -2.18. The van der Waals surface area contributed by atoms with Crippen LogP contribution >= 0.6 is 11.3 Å². The number of carbonyl (C=O) groups excluding carboxylic acids is 1. The van der Waals surface area contributed by atoms with Crippen LogP contribution in [0.1, 0.15) is 53.5 Å². The summed E-state index contributed by atoms with van der Waals surface area (Å²) in [5, 5.41) is 13.8. The van der Waals surface area contributed by atoms with Crippen LogP contribution < -0.4 is 5.32 Å². The van der Waals surface area contributed by atoms with Gasteiger partial charge in [-0.25, -0.2) is 4.98 Å². The SMILES string of the molecule is O=C(Nc1nnc(C2CCCCC2)s1)c1ccc2ccccc2n1. The van der Waals surface area contributed by atoms with E-state index < -0.39 is 0 Å². The number of hydrogen-bond acceptors (Lipinski definition) is 5. The lowest BCUT2D eigenvalue weighted by molar-refractivity contribution is 0.102. The molecule has 122 valence electrons. The van der Waals surface area contributed by atoms with Crippen molar-refractivity contribution in [3.05, 3.63) is 47.1 Å². The molecule has 0 spiro atoms. The highest BCUT2D eigenvalue weighted by atomic mass is 32.1. The Bertz CT molecular complexity index is 870. The Kier molecular flexibility index (Phi) is 4.21. The van der Waals surface area contributed by atoms with Gasteiger partial charge < -0.3 is 0 Å². The highest BCUT2D eigenvalue weighted by Gasteiger charge is 2.20. The minimum Gasteiger partial charge on any atom is -0.295 e. The molecule has 1 aromatic carbocycles. The molecule has 0 aliphatic heterocycles. The smallest absolute Gasteiger partial charge is 0.276 e. The molecule has 1 aliphatic rings. The number of hydrogen-bond donors (Lipinski definition) is 1. The molecule has 0 radical (unpaired) electrons. The zero-order chi connectivity index (χ0) is 16.4. The standard InChI is InChI=1S/C18H18N4OS/c23-16(15-11-10-12-6-4-5-9-14(12)19-15)20-18-22-21-17(24-18)13-7-2-1-3-8-13/h4-6,9-11,13H,1-3,7-8H2,(H,20,22,23). The van der Waals surface area contributed by atoms with Crippen LogP contribution in [0.4, 0.5) is 5.13 Å². The van der Waals surface area contributed by atoms with Crippen LogP contribution in [0.25, 0.3) is 10.9 Å². The molecule has 3 aromatic rings. The van der Waals surface area contributed by atoms with Gasteiger partial charge in [-0.1, -0.05) is 54.9 Å². The highest BCUT2D eigenvalue weighted by molar-refractivity contribution is 7.15. The molecular formula is C18H18N4OS. The van der Waals surface area contributed by atoms with Gasteiger partial charge in [0.1, 0.15) is 10.7 Å². The predicted octanol–water partition coefficient (Wildman–Crippen LogP) is 4.39. The van der Waals surface area contributed by atoms with Crippen molar-refractivity contribution in [2.45, 2.75) is 38.0 Å². The topological polar surface area (TPSA) is 67.8 Å². The van der Waals surface area contributed by atoms with E-state index in [2.05, 4.69) is 20.5 Å². The molecule has 1 saturated carbocycles. The van der Waals surface area contributed by atoms with E-state index in [1.807, 2.05) is 30.3 Å². The molecule has 5 nitrogen and oxygen atoms in total. The Balaban J connectivity index is 1.49. The molecule has 1 N–H and O–H groups in total. The Labute approximate surface area is 144 Å². The van der Waals surface area contributed by atoms with Gasteiger partial charge >= 0.3 is 0 Å². The van der Waals surface area contributed by atoms with Crippen molar-refractivity contribution in [1.29, 1.82) is 0 Å². The van der Waals surface area contributed by atoms with Gasteiger partial charge in [0.2, 0.25) is 5.13 Å². The highest BCUT2D eigenvalue weighted by Crippen LogP contribution is 2.35. The van der Waals surface area contributed by atoms with E-state index in [-0.39, 0.29) is 5.91 Å². The van der Waals surface area contributed by atoms with Gasteiger partial charge in [-0.2, -0.15) is 0 Å². The van der Waals surface area contributed by atoms with Crippen molar-refractivity contribution < 1.29 is 4.79 Å². The van der Waals surface area contributed by atoms with E-state index in [4.69, 9.17) is 0 Å². The number of aromatic nitrogens is 3. The van der Waals surface area contributed by atoms with E-state index in [0.29, 0.717) is 16.7 Å². The van der Waals surface area contributed by atoms with Crippen molar-refractivity contribution in [1.82, 2.24) is 15.2 Å². The number of amides is 1. The minimum absolute atomic E-state index is 0.243. The van der Waals surface area contributed by atoms with Crippen LogP contribution in [0.2, 0.25) is 0 Å². The van der Waals surface area contributed by atoms with Gasteiger partial charge in [0.15, 0.2) is 0 Å². The number of pyridine rings is 1. The number of nitrogens with zero attached hydrogens (tertiary/aromatic N) is 3. The molecule has 0 saturated heterocycles. The maximum Gasteiger partial charge on any atom is 0.276 e. The molecule has 0 unspecified atom stereocenters. The number of fused-ring (bicyclic) bond motifs is 1. The molecule has 24 heavy (non-hydrogen) atoms. The fraction of sp³-hybridized carbons (Fsp3) is 0.333. The second-order valence-electron chi connectivity index (χ2n) is 6.12. The minimum atomic E-state index is -0.243. The Hall–Kier alpha value is -2.34. The molecule has 2 aromatic heterocycles. The molecule has 6 heteroatoms. The first-order valence-corrected chi connectivity index (χ1v) is 9.12. The lowest BCUT2D eigenvalue weighted by Crippen LogP contribution is -2.13. The Morgan fingerprint density at radius 3 is 2.75 bits per heavy atom. The second-order valence-corrected chi connectivity index (χ2v) is 7.13. The number of nitrogens with one attached hydrogen (secondary N) is 1. The summed E-state index contributed by atoms with van der Waals surface area (Å²) >= 11 is 1.48. The second kappa shape index (κ2) is 6.65. The summed E-state index contributed by atoms with van der Waals surface area (Å²) in [6.45, 7) is 0. The van der Waals surface area contributed by atoms with Crippen LogP contribution in [-0.4, -0.2) is 21.1 Å². The van der Waals surface area contributed by atoms with Crippen LogP contribution in [0.15, 0.2) is 36.4 Å². The number of rotatable bonds is 3. The van der Waals surface area contributed by atoms with Gasteiger partial charge in [-0.3, -0.25) is 10.1 Å². The van der Waals surface area contributed by atoms with Gasteiger partial charge in [0.05, 0.1) is 5.52 Å². The average molecular weight is 338 g/mol. The first-order chi connectivity index (χ1) is 11.8.